The summed E-state index contributed by atoms with van der Waals surface area (Å²) in [5, 5.41) is 9.83. The molecule has 0 fully saturated rings. The Morgan fingerprint density at radius 1 is 1.22 bits per heavy atom. The van der Waals surface area contributed by atoms with Crippen LogP contribution in [0.3, 0.4) is 0 Å². The van der Waals surface area contributed by atoms with Gasteiger partial charge in [-0.25, -0.2) is 4.99 Å². The fourth-order valence-corrected chi connectivity index (χ4v) is 1.76. The third-order valence-electron chi connectivity index (χ3n) is 2.70. The van der Waals surface area contributed by atoms with Crippen LogP contribution in [0.5, 0.6) is 17.2 Å². The van der Waals surface area contributed by atoms with Crippen LogP contribution in [-0.2, 0) is 4.74 Å². The zero-order valence-corrected chi connectivity index (χ0v) is 11.0. The summed E-state index contributed by atoms with van der Waals surface area (Å²) in [6.07, 6.45) is 0. The molecule has 2 rings (SSSR count). The Labute approximate surface area is 106 Å². The first-order valence-electron chi connectivity index (χ1n) is 5.65. The van der Waals surface area contributed by atoms with Crippen molar-refractivity contribution < 1.29 is 19.3 Å². The van der Waals surface area contributed by atoms with Crippen molar-refractivity contribution in [3.8, 4) is 17.2 Å². The Bertz CT molecular complexity index is 469. The molecule has 0 aromatic heterocycles. The third kappa shape index (κ3) is 2.20. The van der Waals surface area contributed by atoms with Gasteiger partial charge in [-0.05, 0) is 26.0 Å². The van der Waals surface area contributed by atoms with E-state index < -0.39 is 0 Å². The second-order valence-electron chi connectivity index (χ2n) is 4.71. The van der Waals surface area contributed by atoms with Crippen LogP contribution in [0.15, 0.2) is 17.1 Å². The lowest BCUT2D eigenvalue weighted by molar-refractivity contribution is 0.131. The van der Waals surface area contributed by atoms with Crippen LogP contribution in [0.25, 0.3) is 0 Å². The van der Waals surface area contributed by atoms with E-state index >= 15 is 0 Å². The normalized spacial score (nSPS) is 17.0. The molecule has 18 heavy (non-hydrogen) atoms. The van der Waals surface area contributed by atoms with E-state index in [1.807, 2.05) is 13.8 Å². The summed E-state index contributed by atoms with van der Waals surface area (Å²) in [5.41, 5.74) is 0.431. The quantitative estimate of drug-likeness (QED) is 0.892. The average Bonchev–Trinajstić information content (AvgIpc) is 2.70. The molecular formula is C13H17NO4. The summed E-state index contributed by atoms with van der Waals surface area (Å²) < 4.78 is 15.9. The van der Waals surface area contributed by atoms with E-state index in [4.69, 9.17) is 14.2 Å². The molecule has 0 radical (unpaired) electrons. The second kappa shape index (κ2) is 4.40. The zero-order chi connectivity index (χ0) is 13.3. The van der Waals surface area contributed by atoms with Crippen molar-refractivity contribution in [2.75, 3.05) is 20.8 Å². The van der Waals surface area contributed by atoms with Crippen molar-refractivity contribution >= 4 is 5.90 Å². The SMILES string of the molecule is COc1cc(C2=NCC(C)(C)O2)cc(OC)c1O. The van der Waals surface area contributed by atoms with Crippen molar-refractivity contribution in [2.45, 2.75) is 19.4 Å². The highest BCUT2D eigenvalue weighted by molar-refractivity contribution is 5.96. The topological polar surface area (TPSA) is 60.3 Å². The van der Waals surface area contributed by atoms with Gasteiger partial charge in [-0.1, -0.05) is 0 Å². The summed E-state index contributed by atoms with van der Waals surface area (Å²) in [6.45, 7) is 4.55. The number of hydrogen-bond acceptors (Lipinski definition) is 5. The van der Waals surface area contributed by atoms with Crippen LogP contribution in [0.1, 0.15) is 19.4 Å². The largest absolute Gasteiger partial charge is 0.502 e. The molecule has 1 aliphatic heterocycles. The van der Waals surface area contributed by atoms with Gasteiger partial charge in [-0.2, -0.15) is 0 Å². The van der Waals surface area contributed by atoms with Crippen LogP contribution in [0, 0.1) is 0 Å². The van der Waals surface area contributed by atoms with Crippen LogP contribution >= 0.6 is 0 Å². The highest BCUT2D eigenvalue weighted by Gasteiger charge is 2.29. The highest BCUT2D eigenvalue weighted by atomic mass is 16.5. The average molecular weight is 251 g/mol. The van der Waals surface area contributed by atoms with Crippen LogP contribution in [0.4, 0.5) is 0 Å². The first-order chi connectivity index (χ1) is 8.46. The van der Waals surface area contributed by atoms with E-state index in [1.165, 1.54) is 14.2 Å². The number of hydrogen-bond donors (Lipinski definition) is 1. The molecule has 0 spiro atoms. The van der Waals surface area contributed by atoms with Gasteiger partial charge in [0.25, 0.3) is 0 Å². The van der Waals surface area contributed by atoms with E-state index in [0.29, 0.717) is 23.9 Å². The number of methoxy groups -OCH3 is 2. The molecule has 5 nitrogen and oxygen atoms in total. The van der Waals surface area contributed by atoms with Gasteiger partial charge in [0, 0.05) is 5.56 Å². The molecule has 1 aromatic carbocycles. The number of aromatic hydroxyl groups is 1. The minimum atomic E-state index is -0.298. The number of ether oxygens (including phenoxy) is 3. The third-order valence-corrected chi connectivity index (χ3v) is 2.70. The van der Waals surface area contributed by atoms with Gasteiger partial charge in [-0.3, -0.25) is 0 Å². The molecule has 0 bridgehead atoms. The first-order valence-corrected chi connectivity index (χ1v) is 5.65. The lowest BCUT2D eigenvalue weighted by Gasteiger charge is -2.18. The maximum atomic E-state index is 9.83. The smallest absolute Gasteiger partial charge is 0.217 e. The van der Waals surface area contributed by atoms with E-state index in [0.717, 1.165) is 5.56 Å². The summed E-state index contributed by atoms with van der Waals surface area (Å²) >= 11 is 0. The van der Waals surface area contributed by atoms with Crippen LogP contribution in [0.2, 0.25) is 0 Å². The van der Waals surface area contributed by atoms with Gasteiger partial charge < -0.3 is 19.3 Å². The molecular weight excluding hydrogens is 234 g/mol. The molecule has 0 saturated carbocycles. The number of rotatable bonds is 3. The molecule has 98 valence electrons. The summed E-state index contributed by atoms with van der Waals surface area (Å²) in [4.78, 5) is 4.34. The molecule has 0 aliphatic carbocycles. The highest BCUT2D eigenvalue weighted by Crippen LogP contribution is 2.38. The molecule has 1 heterocycles. The summed E-state index contributed by atoms with van der Waals surface area (Å²) in [5.74, 6) is 1.18. The second-order valence-corrected chi connectivity index (χ2v) is 4.71. The Balaban J connectivity index is 2.41. The molecule has 0 amide bonds. The maximum Gasteiger partial charge on any atom is 0.217 e. The fourth-order valence-electron chi connectivity index (χ4n) is 1.76. The molecule has 5 heteroatoms. The standard InChI is InChI=1S/C13H17NO4/c1-13(2)7-14-12(18-13)8-5-9(16-3)11(15)10(6-8)17-4/h5-6,15H,7H2,1-4H3. The molecule has 1 aliphatic rings. The minimum absolute atomic E-state index is 0.0263. The molecule has 0 saturated heterocycles. The van der Waals surface area contributed by atoms with Crippen LogP contribution < -0.4 is 9.47 Å². The van der Waals surface area contributed by atoms with E-state index in [-0.39, 0.29) is 11.4 Å². The van der Waals surface area contributed by atoms with Crippen molar-refractivity contribution in [1.82, 2.24) is 0 Å². The van der Waals surface area contributed by atoms with Crippen molar-refractivity contribution in [1.29, 1.82) is 0 Å². The van der Waals surface area contributed by atoms with E-state index in [9.17, 15) is 5.11 Å². The number of aliphatic imine (C=N–C) groups is 1. The lowest BCUT2D eigenvalue weighted by Crippen LogP contribution is -2.24. The van der Waals surface area contributed by atoms with Crippen molar-refractivity contribution in [2.24, 2.45) is 4.99 Å². The van der Waals surface area contributed by atoms with Gasteiger partial charge in [-0.15, -0.1) is 0 Å². The van der Waals surface area contributed by atoms with Crippen molar-refractivity contribution in [3.63, 3.8) is 0 Å². The van der Waals surface area contributed by atoms with Gasteiger partial charge in [0.1, 0.15) is 5.60 Å². The fraction of sp³-hybridized carbons (Fsp3) is 0.462. The van der Waals surface area contributed by atoms with Gasteiger partial charge >= 0.3 is 0 Å². The number of phenols is 1. The minimum Gasteiger partial charge on any atom is -0.502 e. The zero-order valence-electron chi connectivity index (χ0n) is 11.0. The first kappa shape index (κ1) is 12.5. The maximum absolute atomic E-state index is 9.83. The Kier molecular flexibility index (Phi) is 3.07. The predicted octanol–water partition coefficient (Wildman–Crippen LogP) is 1.96. The van der Waals surface area contributed by atoms with E-state index in [1.54, 1.807) is 12.1 Å². The summed E-state index contributed by atoms with van der Waals surface area (Å²) in [6, 6.07) is 3.36. The van der Waals surface area contributed by atoms with Gasteiger partial charge in [0.2, 0.25) is 11.6 Å². The van der Waals surface area contributed by atoms with Gasteiger partial charge in [0.15, 0.2) is 11.5 Å². The van der Waals surface area contributed by atoms with Gasteiger partial charge in [0.05, 0.1) is 20.8 Å². The Hall–Kier alpha value is -1.91. The molecule has 1 aromatic rings. The molecule has 0 unspecified atom stereocenters. The monoisotopic (exact) mass is 251 g/mol. The Morgan fingerprint density at radius 3 is 2.17 bits per heavy atom. The summed E-state index contributed by atoms with van der Waals surface area (Å²) in [7, 11) is 2.97. The van der Waals surface area contributed by atoms with E-state index in [2.05, 4.69) is 4.99 Å². The Morgan fingerprint density at radius 2 is 1.78 bits per heavy atom. The lowest BCUT2D eigenvalue weighted by atomic mass is 10.1. The number of nitrogens with zero attached hydrogens (tertiary/aromatic N) is 1. The molecule has 0 atom stereocenters. The number of phenolic OH excluding ortho intramolecular Hbond substituents is 1. The number of benzene rings is 1. The van der Waals surface area contributed by atoms with Crippen molar-refractivity contribution in [3.05, 3.63) is 17.7 Å². The molecule has 1 N–H and O–H groups in total. The van der Waals surface area contributed by atoms with Crippen LogP contribution in [-0.4, -0.2) is 37.4 Å². The predicted molar refractivity (Wildman–Crippen MR) is 67.8 cm³/mol.